The Hall–Kier alpha value is -1.21. The molecule has 0 aliphatic carbocycles. The van der Waals surface area contributed by atoms with Crippen LogP contribution < -0.4 is 4.74 Å². The summed E-state index contributed by atoms with van der Waals surface area (Å²) in [7, 11) is 0. The number of ether oxygens (including phenoxy) is 1. The van der Waals surface area contributed by atoms with Gasteiger partial charge in [0.05, 0.1) is 15.6 Å². The maximum absolute atomic E-state index is 8.81. The SMILES string of the molecule is N#Cc1ccc(Oc2ccc(Cl)c(Cl)c2)cc1Br. The Bertz CT molecular complexity index is 637. The summed E-state index contributed by atoms with van der Waals surface area (Å²) in [6, 6.07) is 12.2. The van der Waals surface area contributed by atoms with Gasteiger partial charge in [-0.25, -0.2) is 0 Å². The molecule has 2 aromatic rings. The van der Waals surface area contributed by atoms with Crippen molar-refractivity contribution >= 4 is 39.1 Å². The van der Waals surface area contributed by atoms with Crippen LogP contribution in [0.2, 0.25) is 10.0 Å². The summed E-state index contributed by atoms with van der Waals surface area (Å²) in [5.74, 6) is 1.19. The minimum absolute atomic E-state index is 0.432. The van der Waals surface area contributed by atoms with Crippen molar-refractivity contribution in [2.75, 3.05) is 0 Å². The van der Waals surface area contributed by atoms with Gasteiger partial charge in [0.15, 0.2) is 0 Å². The second-order valence-corrected chi connectivity index (χ2v) is 5.10. The van der Waals surface area contributed by atoms with Crippen molar-refractivity contribution in [2.24, 2.45) is 0 Å². The summed E-state index contributed by atoms with van der Waals surface area (Å²) in [4.78, 5) is 0. The van der Waals surface area contributed by atoms with Gasteiger partial charge in [0.2, 0.25) is 0 Å². The number of benzene rings is 2. The van der Waals surface area contributed by atoms with E-state index in [0.29, 0.717) is 31.6 Å². The van der Waals surface area contributed by atoms with Gasteiger partial charge in [-0.05, 0) is 46.3 Å². The molecule has 0 saturated heterocycles. The molecule has 2 rings (SSSR count). The van der Waals surface area contributed by atoms with Gasteiger partial charge in [0.25, 0.3) is 0 Å². The zero-order valence-electron chi connectivity index (χ0n) is 8.95. The van der Waals surface area contributed by atoms with Gasteiger partial charge in [-0.3, -0.25) is 0 Å². The first-order chi connectivity index (χ1) is 8.60. The van der Waals surface area contributed by atoms with Gasteiger partial charge in [-0.2, -0.15) is 5.26 Å². The zero-order valence-corrected chi connectivity index (χ0v) is 12.1. The Kier molecular flexibility index (Phi) is 4.13. The lowest BCUT2D eigenvalue weighted by Crippen LogP contribution is -1.86. The highest BCUT2D eigenvalue weighted by Gasteiger charge is 2.04. The lowest BCUT2D eigenvalue weighted by Gasteiger charge is -2.07. The number of hydrogen-bond acceptors (Lipinski definition) is 2. The number of halogens is 3. The monoisotopic (exact) mass is 341 g/mol. The van der Waals surface area contributed by atoms with Crippen molar-refractivity contribution in [3.8, 4) is 17.6 Å². The van der Waals surface area contributed by atoms with E-state index in [9.17, 15) is 0 Å². The predicted octanol–water partition coefficient (Wildman–Crippen LogP) is 5.42. The van der Waals surface area contributed by atoms with Gasteiger partial charge >= 0.3 is 0 Å². The van der Waals surface area contributed by atoms with E-state index in [1.54, 1.807) is 36.4 Å². The van der Waals surface area contributed by atoms with E-state index in [2.05, 4.69) is 22.0 Å². The number of hydrogen-bond donors (Lipinski definition) is 0. The third kappa shape index (κ3) is 2.97. The fraction of sp³-hybridized carbons (Fsp3) is 0. The maximum atomic E-state index is 8.81. The molecule has 0 saturated carbocycles. The second-order valence-electron chi connectivity index (χ2n) is 3.43. The average molecular weight is 343 g/mol. The Morgan fingerprint density at radius 3 is 2.28 bits per heavy atom. The van der Waals surface area contributed by atoms with Crippen molar-refractivity contribution in [2.45, 2.75) is 0 Å². The lowest BCUT2D eigenvalue weighted by atomic mass is 10.2. The van der Waals surface area contributed by atoms with Gasteiger partial charge in [-0.1, -0.05) is 23.2 Å². The molecule has 0 atom stereocenters. The summed E-state index contributed by atoms with van der Waals surface area (Å²) in [6.45, 7) is 0. The molecule has 0 spiro atoms. The summed E-state index contributed by atoms with van der Waals surface area (Å²) in [6.07, 6.45) is 0. The Balaban J connectivity index is 2.26. The second kappa shape index (κ2) is 5.62. The standard InChI is InChI=1S/C13H6BrCl2NO/c14-11-5-9(2-1-8(11)7-17)18-10-3-4-12(15)13(16)6-10/h1-6H. The van der Waals surface area contributed by atoms with Gasteiger partial charge in [-0.15, -0.1) is 0 Å². The van der Waals surface area contributed by atoms with Crippen molar-refractivity contribution in [1.82, 2.24) is 0 Å². The van der Waals surface area contributed by atoms with Crippen LogP contribution in [0.15, 0.2) is 40.9 Å². The zero-order chi connectivity index (χ0) is 13.1. The van der Waals surface area contributed by atoms with E-state index in [1.807, 2.05) is 0 Å². The Morgan fingerprint density at radius 2 is 1.67 bits per heavy atom. The van der Waals surface area contributed by atoms with Crippen LogP contribution in [-0.2, 0) is 0 Å². The first-order valence-electron chi connectivity index (χ1n) is 4.92. The lowest BCUT2D eigenvalue weighted by molar-refractivity contribution is 0.482. The van der Waals surface area contributed by atoms with Crippen molar-refractivity contribution in [3.05, 3.63) is 56.5 Å². The van der Waals surface area contributed by atoms with E-state index in [4.69, 9.17) is 33.2 Å². The summed E-state index contributed by atoms with van der Waals surface area (Å²) in [5, 5.41) is 9.72. The van der Waals surface area contributed by atoms with E-state index < -0.39 is 0 Å². The molecule has 18 heavy (non-hydrogen) atoms. The fourth-order valence-electron chi connectivity index (χ4n) is 1.33. The number of nitrogens with zero attached hydrogens (tertiary/aromatic N) is 1. The predicted molar refractivity (Wildman–Crippen MR) is 75.4 cm³/mol. The van der Waals surface area contributed by atoms with Crippen LogP contribution in [0.3, 0.4) is 0 Å². The topological polar surface area (TPSA) is 33.0 Å². The van der Waals surface area contributed by atoms with Crippen LogP contribution >= 0.6 is 39.1 Å². The van der Waals surface area contributed by atoms with E-state index in [0.717, 1.165) is 0 Å². The first-order valence-corrected chi connectivity index (χ1v) is 6.47. The summed E-state index contributed by atoms with van der Waals surface area (Å²) in [5.41, 5.74) is 0.552. The quantitative estimate of drug-likeness (QED) is 0.730. The normalized spacial score (nSPS) is 9.89. The van der Waals surface area contributed by atoms with Crippen LogP contribution in [-0.4, -0.2) is 0 Å². The molecule has 0 bridgehead atoms. The van der Waals surface area contributed by atoms with Crippen molar-refractivity contribution in [1.29, 1.82) is 5.26 Å². The third-order valence-corrected chi connectivity index (χ3v) is 3.58. The van der Waals surface area contributed by atoms with Gasteiger partial charge in [0, 0.05) is 10.5 Å². The molecule has 0 N–H and O–H groups in total. The molecule has 0 fully saturated rings. The average Bonchev–Trinajstić information content (AvgIpc) is 2.34. The molecule has 2 nitrogen and oxygen atoms in total. The molecule has 0 radical (unpaired) electrons. The molecular formula is C13H6BrCl2NO. The molecule has 0 aliphatic rings. The van der Waals surface area contributed by atoms with Crippen molar-refractivity contribution < 1.29 is 4.74 Å². The Labute approximate surface area is 123 Å². The molecule has 5 heteroatoms. The van der Waals surface area contributed by atoms with Crippen molar-refractivity contribution in [3.63, 3.8) is 0 Å². The molecular weight excluding hydrogens is 337 g/mol. The third-order valence-electron chi connectivity index (χ3n) is 2.19. The van der Waals surface area contributed by atoms with Gasteiger partial charge < -0.3 is 4.74 Å². The molecule has 0 aliphatic heterocycles. The van der Waals surface area contributed by atoms with E-state index in [1.165, 1.54) is 0 Å². The van der Waals surface area contributed by atoms with Crippen LogP contribution in [0.25, 0.3) is 0 Å². The molecule has 0 amide bonds. The smallest absolute Gasteiger partial charge is 0.129 e. The summed E-state index contributed by atoms with van der Waals surface area (Å²) >= 11 is 15.0. The number of nitriles is 1. The summed E-state index contributed by atoms with van der Waals surface area (Å²) < 4.78 is 6.29. The van der Waals surface area contributed by atoms with Crippen LogP contribution in [0, 0.1) is 11.3 Å². The van der Waals surface area contributed by atoms with Gasteiger partial charge in [0.1, 0.15) is 17.6 Å². The largest absolute Gasteiger partial charge is 0.457 e. The highest BCUT2D eigenvalue weighted by atomic mass is 79.9. The van der Waals surface area contributed by atoms with Crippen LogP contribution in [0.1, 0.15) is 5.56 Å². The molecule has 2 aromatic carbocycles. The van der Waals surface area contributed by atoms with E-state index in [-0.39, 0.29) is 0 Å². The highest BCUT2D eigenvalue weighted by molar-refractivity contribution is 9.10. The molecule has 0 heterocycles. The first kappa shape index (κ1) is 13.2. The number of rotatable bonds is 2. The maximum Gasteiger partial charge on any atom is 0.129 e. The van der Waals surface area contributed by atoms with Crippen LogP contribution in [0.5, 0.6) is 11.5 Å². The molecule has 0 aromatic heterocycles. The van der Waals surface area contributed by atoms with Crippen LogP contribution in [0.4, 0.5) is 0 Å². The highest BCUT2D eigenvalue weighted by Crippen LogP contribution is 2.31. The minimum Gasteiger partial charge on any atom is -0.457 e. The van der Waals surface area contributed by atoms with E-state index >= 15 is 0 Å². The minimum atomic E-state index is 0.432. The molecule has 90 valence electrons. The fourth-order valence-corrected chi connectivity index (χ4v) is 2.06. The Morgan fingerprint density at radius 1 is 1.00 bits per heavy atom. The molecule has 0 unspecified atom stereocenters.